The zero-order valence-corrected chi connectivity index (χ0v) is 16.3. The molecule has 3 aromatic rings. The number of nitriles is 1. The van der Waals surface area contributed by atoms with E-state index in [0.29, 0.717) is 42.8 Å². The molecule has 6 nitrogen and oxygen atoms in total. The second-order valence-corrected chi connectivity index (χ2v) is 7.89. The van der Waals surface area contributed by atoms with Crippen LogP contribution < -0.4 is 10.4 Å². The van der Waals surface area contributed by atoms with Crippen LogP contribution in [0.3, 0.4) is 0 Å². The summed E-state index contributed by atoms with van der Waals surface area (Å²) in [7, 11) is 0. The van der Waals surface area contributed by atoms with Crippen LogP contribution in [0.15, 0.2) is 41.2 Å². The average Bonchev–Trinajstić information content (AvgIpc) is 3.24. The van der Waals surface area contributed by atoms with E-state index in [4.69, 9.17) is 10.00 Å². The normalized spacial score (nSPS) is 21.9. The molecule has 9 heteroatoms. The van der Waals surface area contributed by atoms with E-state index in [0.717, 1.165) is 6.07 Å². The quantitative estimate of drug-likeness (QED) is 0.639. The summed E-state index contributed by atoms with van der Waals surface area (Å²) in [6.45, 7) is 0. The molecule has 0 N–H and O–H groups in total. The molecule has 1 saturated carbocycles. The van der Waals surface area contributed by atoms with E-state index in [2.05, 4.69) is 5.10 Å². The highest BCUT2D eigenvalue weighted by Crippen LogP contribution is 2.36. The van der Waals surface area contributed by atoms with Crippen molar-refractivity contribution in [2.24, 2.45) is 0 Å². The second kappa shape index (κ2) is 7.30. The number of fused-ring (bicyclic) bond motifs is 1. The van der Waals surface area contributed by atoms with Gasteiger partial charge in [-0.1, -0.05) is 0 Å². The van der Waals surface area contributed by atoms with Gasteiger partial charge in [0, 0.05) is 31.4 Å². The third-order valence-electron chi connectivity index (χ3n) is 5.91. The van der Waals surface area contributed by atoms with Crippen LogP contribution >= 0.6 is 0 Å². The topological polar surface area (TPSA) is 72.8 Å². The highest BCUT2D eigenvalue weighted by atomic mass is 19.1. The SMILES string of the molecule is N#Cc1ccc(OC2CC(n3nc4n(c3=O)[C@H](c3cc(F)cc(F)c3)CC4)C2)cc1F. The molecule has 1 aromatic heterocycles. The Hall–Kier alpha value is -3.54. The van der Waals surface area contributed by atoms with Crippen molar-refractivity contribution >= 4 is 0 Å². The van der Waals surface area contributed by atoms with Crippen molar-refractivity contribution in [1.82, 2.24) is 14.3 Å². The van der Waals surface area contributed by atoms with Crippen molar-refractivity contribution in [3.63, 3.8) is 0 Å². The number of hydrogen-bond donors (Lipinski definition) is 0. The van der Waals surface area contributed by atoms with Crippen molar-refractivity contribution in [2.75, 3.05) is 0 Å². The van der Waals surface area contributed by atoms with Crippen LogP contribution in [0.4, 0.5) is 13.2 Å². The Bertz CT molecular complexity index is 1250. The van der Waals surface area contributed by atoms with Gasteiger partial charge in [0.15, 0.2) is 0 Å². The zero-order chi connectivity index (χ0) is 21.7. The molecule has 2 heterocycles. The molecule has 1 aliphatic carbocycles. The summed E-state index contributed by atoms with van der Waals surface area (Å²) in [6, 6.07) is 8.52. The highest BCUT2D eigenvalue weighted by molar-refractivity contribution is 5.36. The third kappa shape index (κ3) is 3.38. The fourth-order valence-electron chi connectivity index (χ4n) is 4.32. The predicted molar refractivity (Wildman–Crippen MR) is 103 cm³/mol. The summed E-state index contributed by atoms with van der Waals surface area (Å²) in [6.07, 6.45) is 1.95. The molecule has 0 unspecified atom stereocenters. The molecular formula is C22H17F3N4O2. The van der Waals surface area contributed by atoms with Crippen LogP contribution in [-0.2, 0) is 6.42 Å². The van der Waals surface area contributed by atoms with E-state index in [9.17, 15) is 18.0 Å². The first-order chi connectivity index (χ1) is 14.9. The van der Waals surface area contributed by atoms with Gasteiger partial charge in [0.05, 0.1) is 17.6 Å². The van der Waals surface area contributed by atoms with Crippen LogP contribution in [0.2, 0.25) is 0 Å². The maximum Gasteiger partial charge on any atom is 0.346 e. The van der Waals surface area contributed by atoms with E-state index in [1.54, 1.807) is 6.07 Å². The fourth-order valence-corrected chi connectivity index (χ4v) is 4.32. The maximum atomic E-state index is 13.7. The summed E-state index contributed by atoms with van der Waals surface area (Å²) in [5.41, 5.74) is 0.0521. The van der Waals surface area contributed by atoms with Gasteiger partial charge in [0.1, 0.15) is 41.2 Å². The molecule has 2 aliphatic rings. The Morgan fingerprint density at radius 3 is 2.52 bits per heavy atom. The second-order valence-electron chi connectivity index (χ2n) is 7.89. The number of rotatable bonds is 4. The van der Waals surface area contributed by atoms with Gasteiger partial charge in [-0.15, -0.1) is 0 Å². The molecule has 0 bridgehead atoms. The lowest BCUT2D eigenvalue weighted by molar-refractivity contribution is 0.0620. The maximum absolute atomic E-state index is 13.7. The Balaban J connectivity index is 1.31. The van der Waals surface area contributed by atoms with Crippen molar-refractivity contribution in [2.45, 2.75) is 43.9 Å². The number of ether oxygens (including phenoxy) is 1. The van der Waals surface area contributed by atoms with Crippen LogP contribution in [-0.4, -0.2) is 20.5 Å². The molecule has 158 valence electrons. The number of hydrogen-bond acceptors (Lipinski definition) is 4. The fraction of sp³-hybridized carbons (Fsp3) is 0.318. The van der Waals surface area contributed by atoms with Crippen molar-refractivity contribution < 1.29 is 17.9 Å². The lowest BCUT2D eigenvalue weighted by atomic mass is 9.89. The lowest BCUT2D eigenvalue weighted by Crippen LogP contribution is -2.41. The number of halogens is 3. The first kappa shape index (κ1) is 19.4. The van der Waals surface area contributed by atoms with E-state index >= 15 is 0 Å². The summed E-state index contributed by atoms with van der Waals surface area (Å²) >= 11 is 0. The number of aromatic nitrogens is 3. The van der Waals surface area contributed by atoms with Gasteiger partial charge < -0.3 is 4.74 Å². The summed E-state index contributed by atoms with van der Waals surface area (Å²) in [5, 5.41) is 13.2. The van der Waals surface area contributed by atoms with Crippen LogP contribution in [0, 0.1) is 28.8 Å². The van der Waals surface area contributed by atoms with Gasteiger partial charge in [-0.2, -0.15) is 10.4 Å². The van der Waals surface area contributed by atoms with Gasteiger partial charge in [0.25, 0.3) is 0 Å². The molecule has 0 radical (unpaired) electrons. The largest absolute Gasteiger partial charge is 0.490 e. The van der Waals surface area contributed by atoms with Crippen molar-refractivity contribution in [3.8, 4) is 11.8 Å². The summed E-state index contributed by atoms with van der Waals surface area (Å²) in [5.74, 6) is -1.08. The molecule has 1 aliphatic heterocycles. The molecule has 5 rings (SSSR count). The highest BCUT2D eigenvalue weighted by Gasteiger charge is 2.37. The van der Waals surface area contributed by atoms with E-state index in [1.165, 1.54) is 39.6 Å². The number of nitrogens with zero attached hydrogens (tertiary/aromatic N) is 4. The number of aryl methyl sites for hydroxylation is 1. The van der Waals surface area contributed by atoms with Gasteiger partial charge in [0.2, 0.25) is 0 Å². The van der Waals surface area contributed by atoms with Crippen molar-refractivity contribution in [1.29, 1.82) is 5.26 Å². The Morgan fingerprint density at radius 1 is 1.10 bits per heavy atom. The van der Waals surface area contributed by atoms with E-state index in [1.807, 2.05) is 0 Å². The smallest absolute Gasteiger partial charge is 0.346 e. The Morgan fingerprint density at radius 2 is 1.84 bits per heavy atom. The van der Waals surface area contributed by atoms with Gasteiger partial charge in [-0.05, 0) is 36.2 Å². The molecule has 1 atom stereocenters. The minimum atomic E-state index is -0.679. The first-order valence-electron chi connectivity index (χ1n) is 9.95. The minimum Gasteiger partial charge on any atom is -0.490 e. The summed E-state index contributed by atoms with van der Waals surface area (Å²) in [4.78, 5) is 13.0. The van der Waals surface area contributed by atoms with Crippen molar-refractivity contribution in [3.05, 3.63) is 81.3 Å². The molecule has 1 fully saturated rings. The predicted octanol–water partition coefficient (Wildman–Crippen LogP) is 3.65. The monoisotopic (exact) mass is 426 g/mol. The average molecular weight is 426 g/mol. The van der Waals surface area contributed by atoms with Gasteiger partial charge >= 0.3 is 5.69 Å². The van der Waals surface area contributed by atoms with Crippen LogP contribution in [0.25, 0.3) is 0 Å². The summed E-state index contributed by atoms with van der Waals surface area (Å²) < 4.78 is 49.7. The molecule has 2 aromatic carbocycles. The minimum absolute atomic E-state index is 0.0503. The number of benzene rings is 2. The third-order valence-corrected chi connectivity index (χ3v) is 5.91. The van der Waals surface area contributed by atoms with Gasteiger partial charge in [-0.25, -0.2) is 22.6 Å². The van der Waals surface area contributed by atoms with Crippen LogP contribution in [0.1, 0.15) is 48.3 Å². The molecule has 0 amide bonds. The Kier molecular flexibility index (Phi) is 4.58. The Labute approximate surface area is 175 Å². The van der Waals surface area contributed by atoms with Crippen LogP contribution in [0.5, 0.6) is 5.75 Å². The first-order valence-corrected chi connectivity index (χ1v) is 9.95. The standard InChI is InChI=1S/C22H17F3N4O2/c23-14-5-13(6-15(24)7-14)20-3-4-21-27-29(22(30)28(20)21)16-8-18(9-16)31-17-2-1-12(11-26)19(25)10-17/h1-2,5-7,10,16,18,20H,3-4,8-9H2/t16?,18?,20-/m0/s1. The molecular weight excluding hydrogens is 409 g/mol. The lowest BCUT2D eigenvalue weighted by Gasteiger charge is -2.34. The molecule has 0 spiro atoms. The molecule has 0 saturated heterocycles. The van der Waals surface area contributed by atoms with E-state index < -0.39 is 23.5 Å². The molecule has 31 heavy (non-hydrogen) atoms. The van der Waals surface area contributed by atoms with E-state index in [-0.39, 0.29) is 23.4 Å². The zero-order valence-electron chi connectivity index (χ0n) is 16.3. The van der Waals surface area contributed by atoms with Gasteiger partial charge in [-0.3, -0.25) is 4.57 Å².